The van der Waals surface area contributed by atoms with Gasteiger partial charge in [0.25, 0.3) is 0 Å². The van der Waals surface area contributed by atoms with Crippen LogP contribution in [0.3, 0.4) is 0 Å². The van der Waals surface area contributed by atoms with Crippen molar-refractivity contribution in [3.05, 3.63) is 40.9 Å². The van der Waals surface area contributed by atoms with Crippen LogP contribution in [0.2, 0.25) is 5.02 Å². The molecular formula is C19H24ClN. The fourth-order valence-corrected chi connectivity index (χ4v) is 5.50. The Bertz CT molecular complexity index is 496. The van der Waals surface area contributed by atoms with E-state index in [4.69, 9.17) is 11.6 Å². The van der Waals surface area contributed by atoms with Crippen LogP contribution in [-0.2, 0) is 0 Å². The van der Waals surface area contributed by atoms with E-state index in [1.165, 1.54) is 44.1 Å². The van der Waals surface area contributed by atoms with Gasteiger partial charge in [-0.05, 0) is 74.0 Å². The summed E-state index contributed by atoms with van der Waals surface area (Å²) in [7, 11) is 0. The summed E-state index contributed by atoms with van der Waals surface area (Å²) in [5.74, 6) is 3.05. The van der Waals surface area contributed by atoms with Gasteiger partial charge in [0.2, 0.25) is 0 Å². The van der Waals surface area contributed by atoms with E-state index in [0.29, 0.717) is 5.54 Å². The molecule has 0 heterocycles. The summed E-state index contributed by atoms with van der Waals surface area (Å²) in [5.41, 5.74) is 1.70. The second-order valence-corrected chi connectivity index (χ2v) is 7.97. The van der Waals surface area contributed by atoms with Crippen LogP contribution in [0.5, 0.6) is 0 Å². The molecular weight excluding hydrogens is 278 g/mol. The summed E-state index contributed by atoms with van der Waals surface area (Å²) in [4.78, 5) is 0. The first-order valence-electron chi connectivity index (χ1n) is 8.38. The number of nitrogens with one attached hydrogen (secondary N) is 1. The second-order valence-electron chi connectivity index (χ2n) is 7.53. The minimum absolute atomic E-state index is 0.471. The van der Waals surface area contributed by atoms with Crippen LogP contribution < -0.4 is 5.32 Å². The van der Waals surface area contributed by atoms with E-state index >= 15 is 0 Å². The average Bonchev–Trinajstić information content (AvgIpc) is 2.44. The number of hydrogen-bond donors (Lipinski definition) is 1. The second kappa shape index (κ2) is 5.44. The zero-order chi connectivity index (χ0) is 14.3. The van der Waals surface area contributed by atoms with Gasteiger partial charge in [-0.15, -0.1) is 0 Å². The zero-order valence-electron chi connectivity index (χ0n) is 12.5. The molecule has 1 nitrogen and oxygen atoms in total. The van der Waals surface area contributed by atoms with Crippen LogP contribution in [-0.4, -0.2) is 12.1 Å². The quantitative estimate of drug-likeness (QED) is 0.833. The summed E-state index contributed by atoms with van der Waals surface area (Å²) >= 11 is 5.91. The molecule has 5 rings (SSSR count). The van der Waals surface area contributed by atoms with Crippen LogP contribution in [0.4, 0.5) is 0 Å². The van der Waals surface area contributed by atoms with Crippen molar-refractivity contribution in [1.82, 2.24) is 5.32 Å². The van der Waals surface area contributed by atoms with Gasteiger partial charge >= 0.3 is 0 Å². The highest BCUT2D eigenvalue weighted by molar-refractivity contribution is 6.30. The van der Waals surface area contributed by atoms with E-state index in [9.17, 15) is 0 Å². The van der Waals surface area contributed by atoms with Gasteiger partial charge in [-0.25, -0.2) is 0 Å². The Hall–Kier alpha value is -0.790. The summed E-state index contributed by atoms with van der Waals surface area (Å²) in [6, 6.07) is 8.05. The standard InChI is InChI=1S/C19H24ClN/c20-18-5-3-14(4-6-18)2-1-7-21-19-11-15-8-16(12-19)10-17(9-15)13-19/h1-6,15-17,21H,7-13H2/b2-1+. The van der Waals surface area contributed by atoms with Gasteiger partial charge in [0.05, 0.1) is 0 Å². The molecule has 4 saturated carbocycles. The molecule has 0 amide bonds. The van der Waals surface area contributed by atoms with Crippen molar-refractivity contribution in [2.75, 3.05) is 6.54 Å². The highest BCUT2D eigenvalue weighted by Gasteiger charge is 2.50. The van der Waals surface area contributed by atoms with Gasteiger partial charge in [0.1, 0.15) is 0 Å². The molecule has 0 radical (unpaired) electrons. The van der Waals surface area contributed by atoms with Crippen molar-refractivity contribution in [2.24, 2.45) is 17.8 Å². The Morgan fingerprint density at radius 1 is 1.00 bits per heavy atom. The molecule has 4 bridgehead atoms. The lowest BCUT2D eigenvalue weighted by molar-refractivity contribution is -0.0178. The topological polar surface area (TPSA) is 12.0 Å². The van der Waals surface area contributed by atoms with Gasteiger partial charge in [-0.1, -0.05) is 35.9 Å². The lowest BCUT2D eigenvalue weighted by Gasteiger charge is -2.57. The summed E-state index contributed by atoms with van der Waals surface area (Å²) in [6.45, 7) is 0.995. The smallest absolute Gasteiger partial charge is 0.0406 e. The fourth-order valence-electron chi connectivity index (χ4n) is 5.37. The average molecular weight is 302 g/mol. The molecule has 0 spiro atoms. The van der Waals surface area contributed by atoms with Gasteiger partial charge in [0, 0.05) is 17.1 Å². The fraction of sp³-hybridized carbons (Fsp3) is 0.579. The van der Waals surface area contributed by atoms with Gasteiger partial charge in [0.15, 0.2) is 0 Å². The molecule has 4 aliphatic carbocycles. The Morgan fingerprint density at radius 3 is 2.14 bits per heavy atom. The first-order valence-corrected chi connectivity index (χ1v) is 8.76. The number of halogens is 1. The molecule has 0 aliphatic heterocycles. The summed E-state index contributed by atoms with van der Waals surface area (Å²) in [5, 5.41) is 4.70. The monoisotopic (exact) mass is 301 g/mol. The van der Waals surface area contributed by atoms with Crippen LogP contribution in [0, 0.1) is 17.8 Å². The van der Waals surface area contributed by atoms with Gasteiger partial charge in [-0.3, -0.25) is 0 Å². The molecule has 0 saturated heterocycles. The molecule has 2 heteroatoms. The molecule has 0 aromatic heterocycles. The SMILES string of the molecule is Clc1ccc(/C=C/CNC23CC4CC(CC(C4)C2)C3)cc1. The van der Waals surface area contributed by atoms with Crippen LogP contribution in [0.25, 0.3) is 6.08 Å². The molecule has 21 heavy (non-hydrogen) atoms. The molecule has 1 aromatic rings. The third kappa shape index (κ3) is 2.91. The predicted octanol–water partition coefficient (Wildman–Crippen LogP) is 4.91. The van der Waals surface area contributed by atoms with Crippen LogP contribution in [0.1, 0.15) is 44.1 Å². The minimum atomic E-state index is 0.471. The maximum absolute atomic E-state index is 5.91. The minimum Gasteiger partial charge on any atom is -0.308 e. The number of benzene rings is 1. The Labute approximate surface area is 132 Å². The number of hydrogen-bond acceptors (Lipinski definition) is 1. The van der Waals surface area contributed by atoms with Crippen LogP contribution >= 0.6 is 11.6 Å². The molecule has 1 N–H and O–H groups in total. The zero-order valence-corrected chi connectivity index (χ0v) is 13.3. The van der Waals surface area contributed by atoms with Crippen molar-refractivity contribution >= 4 is 17.7 Å². The molecule has 1 aromatic carbocycles. The van der Waals surface area contributed by atoms with E-state index in [2.05, 4.69) is 29.6 Å². The lowest BCUT2D eigenvalue weighted by atomic mass is 9.53. The van der Waals surface area contributed by atoms with E-state index in [0.717, 1.165) is 29.3 Å². The highest BCUT2D eigenvalue weighted by atomic mass is 35.5. The third-order valence-electron chi connectivity index (χ3n) is 5.81. The van der Waals surface area contributed by atoms with Crippen molar-refractivity contribution in [3.8, 4) is 0 Å². The molecule has 112 valence electrons. The Balaban J connectivity index is 1.35. The first-order chi connectivity index (χ1) is 10.2. The van der Waals surface area contributed by atoms with Crippen molar-refractivity contribution in [1.29, 1.82) is 0 Å². The van der Waals surface area contributed by atoms with E-state index in [-0.39, 0.29) is 0 Å². The predicted molar refractivity (Wildman–Crippen MR) is 89.4 cm³/mol. The number of rotatable bonds is 4. The highest BCUT2D eigenvalue weighted by Crippen LogP contribution is 2.55. The van der Waals surface area contributed by atoms with E-state index < -0.39 is 0 Å². The largest absolute Gasteiger partial charge is 0.308 e. The Kier molecular flexibility index (Phi) is 3.59. The lowest BCUT2D eigenvalue weighted by Crippen LogP contribution is -2.58. The van der Waals surface area contributed by atoms with Gasteiger partial charge in [-0.2, -0.15) is 0 Å². The van der Waals surface area contributed by atoms with Gasteiger partial charge < -0.3 is 5.32 Å². The van der Waals surface area contributed by atoms with Crippen LogP contribution in [0.15, 0.2) is 30.3 Å². The summed E-state index contributed by atoms with van der Waals surface area (Å²) < 4.78 is 0. The molecule has 4 fully saturated rings. The normalized spacial score (nSPS) is 37.5. The maximum atomic E-state index is 5.91. The van der Waals surface area contributed by atoms with Crippen molar-refractivity contribution < 1.29 is 0 Å². The first kappa shape index (κ1) is 13.8. The maximum Gasteiger partial charge on any atom is 0.0406 e. The van der Waals surface area contributed by atoms with Crippen molar-refractivity contribution in [3.63, 3.8) is 0 Å². The van der Waals surface area contributed by atoms with E-state index in [1.54, 1.807) is 0 Å². The molecule has 4 aliphatic rings. The van der Waals surface area contributed by atoms with Crippen molar-refractivity contribution in [2.45, 2.75) is 44.1 Å². The molecule has 0 atom stereocenters. The summed E-state index contributed by atoms with van der Waals surface area (Å²) in [6.07, 6.45) is 13.3. The van der Waals surface area contributed by atoms with E-state index in [1.807, 2.05) is 12.1 Å². The molecule has 0 unspecified atom stereocenters. The Morgan fingerprint density at radius 2 is 1.57 bits per heavy atom. The third-order valence-corrected chi connectivity index (χ3v) is 6.07.